The van der Waals surface area contributed by atoms with Gasteiger partial charge in [-0.2, -0.15) is 0 Å². The number of phenols is 1. The first-order valence-corrected chi connectivity index (χ1v) is 6.35. The van der Waals surface area contributed by atoms with Gasteiger partial charge in [-0.05, 0) is 24.3 Å². The number of anilines is 1. The van der Waals surface area contributed by atoms with Gasteiger partial charge >= 0.3 is 0 Å². The fraction of sp³-hybridized carbons (Fsp3) is 0.250. The Bertz CT molecular complexity index is 584. The minimum Gasteiger partial charge on any atom is -0.507 e. The molecule has 0 aliphatic carbocycles. The molecule has 0 heterocycles. The highest BCUT2D eigenvalue weighted by molar-refractivity contribution is 5.51. The first-order valence-electron chi connectivity index (χ1n) is 6.35. The first kappa shape index (κ1) is 14.1. The van der Waals surface area contributed by atoms with Gasteiger partial charge in [0.2, 0.25) is 0 Å². The van der Waals surface area contributed by atoms with Gasteiger partial charge in [0, 0.05) is 37.0 Å². The highest BCUT2D eigenvalue weighted by atomic mass is 16.5. The van der Waals surface area contributed by atoms with E-state index in [1.807, 2.05) is 48.3 Å². The Morgan fingerprint density at radius 3 is 2.35 bits per heavy atom. The minimum absolute atomic E-state index is 0.235. The second-order valence-corrected chi connectivity index (χ2v) is 4.55. The van der Waals surface area contributed by atoms with Gasteiger partial charge in [0.25, 0.3) is 0 Å². The monoisotopic (exact) mass is 273 g/mol. The van der Waals surface area contributed by atoms with Gasteiger partial charge in [0.05, 0.1) is 14.2 Å². The van der Waals surface area contributed by atoms with E-state index in [2.05, 4.69) is 0 Å². The van der Waals surface area contributed by atoms with E-state index in [1.54, 1.807) is 20.3 Å². The highest BCUT2D eigenvalue weighted by Crippen LogP contribution is 2.27. The van der Waals surface area contributed by atoms with E-state index in [1.165, 1.54) is 0 Å². The molecule has 0 unspecified atom stereocenters. The first-order chi connectivity index (χ1) is 9.63. The average molecular weight is 273 g/mol. The van der Waals surface area contributed by atoms with Crippen LogP contribution in [-0.4, -0.2) is 26.4 Å². The molecule has 106 valence electrons. The Labute approximate surface area is 119 Å². The van der Waals surface area contributed by atoms with Crippen LogP contribution in [0.1, 0.15) is 5.56 Å². The summed E-state index contributed by atoms with van der Waals surface area (Å²) in [5.41, 5.74) is 1.87. The third kappa shape index (κ3) is 3.15. The summed E-state index contributed by atoms with van der Waals surface area (Å²) in [7, 11) is 5.20. The Morgan fingerprint density at radius 2 is 1.70 bits per heavy atom. The van der Waals surface area contributed by atoms with Crippen molar-refractivity contribution in [3.8, 4) is 17.2 Å². The standard InChI is InChI=1S/C16H19NO3/c1-17(13-5-4-6-14(9-13)19-2)11-12-7-8-15(20-3)10-16(12)18/h4-10,18H,11H2,1-3H3. The summed E-state index contributed by atoms with van der Waals surface area (Å²) in [4.78, 5) is 2.05. The van der Waals surface area contributed by atoms with Crippen LogP contribution in [0.3, 0.4) is 0 Å². The molecule has 0 saturated heterocycles. The van der Waals surface area contributed by atoms with Crippen molar-refractivity contribution < 1.29 is 14.6 Å². The number of ether oxygens (including phenoxy) is 2. The summed E-state index contributed by atoms with van der Waals surface area (Å²) in [6.45, 7) is 0.600. The number of rotatable bonds is 5. The molecule has 20 heavy (non-hydrogen) atoms. The molecule has 2 rings (SSSR count). The SMILES string of the molecule is COc1cccc(N(C)Cc2ccc(OC)cc2O)c1. The second-order valence-electron chi connectivity index (χ2n) is 4.55. The van der Waals surface area contributed by atoms with Gasteiger partial charge < -0.3 is 19.5 Å². The number of phenolic OH excluding ortho intramolecular Hbond substituents is 1. The predicted molar refractivity (Wildman–Crippen MR) is 79.8 cm³/mol. The van der Waals surface area contributed by atoms with Gasteiger partial charge in [0.1, 0.15) is 17.2 Å². The molecule has 2 aromatic carbocycles. The minimum atomic E-state index is 0.235. The van der Waals surface area contributed by atoms with Crippen LogP contribution in [0.2, 0.25) is 0 Å². The van der Waals surface area contributed by atoms with Crippen LogP contribution < -0.4 is 14.4 Å². The van der Waals surface area contributed by atoms with E-state index in [9.17, 15) is 5.11 Å². The highest BCUT2D eigenvalue weighted by Gasteiger charge is 2.08. The topological polar surface area (TPSA) is 41.9 Å². The average Bonchev–Trinajstić information content (AvgIpc) is 2.49. The molecule has 2 aromatic rings. The Kier molecular flexibility index (Phi) is 4.35. The summed E-state index contributed by atoms with van der Waals surface area (Å²) in [6, 6.07) is 13.1. The van der Waals surface area contributed by atoms with Gasteiger partial charge in [-0.3, -0.25) is 0 Å². The largest absolute Gasteiger partial charge is 0.507 e. The molecule has 4 heteroatoms. The molecule has 0 aromatic heterocycles. The lowest BCUT2D eigenvalue weighted by atomic mass is 10.1. The zero-order valence-electron chi connectivity index (χ0n) is 12.0. The molecule has 0 fully saturated rings. The lowest BCUT2D eigenvalue weighted by Crippen LogP contribution is -2.16. The summed E-state index contributed by atoms with van der Waals surface area (Å²) < 4.78 is 10.3. The van der Waals surface area contributed by atoms with Crippen LogP contribution in [0.4, 0.5) is 5.69 Å². The van der Waals surface area contributed by atoms with Crippen molar-refractivity contribution in [2.75, 3.05) is 26.2 Å². The maximum absolute atomic E-state index is 9.99. The maximum atomic E-state index is 9.99. The van der Waals surface area contributed by atoms with Crippen molar-refractivity contribution in [1.82, 2.24) is 0 Å². The summed E-state index contributed by atoms with van der Waals surface area (Å²) >= 11 is 0. The molecule has 0 bridgehead atoms. The summed E-state index contributed by atoms with van der Waals surface area (Å²) in [5, 5.41) is 9.99. The van der Waals surface area contributed by atoms with E-state index >= 15 is 0 Å². The van der Waals surface area contributed by atoms with Crippen LogP contribution in [0.5, 0.6) is 17.2 Å². The third-order valence-corrected chi connectivity index (χ3v) is 3.19. The fourth-order valence-electron chi connectivity index (χ4n) is 2.00. The lowest BCUT2D eigenvalue weighted by molar-refractivity contribution is 0.406. The molecule has 0 radical (unpaired) electrons. The van der Waals surface area contributed by atoms with Crippen molar-refractivity contribution in [1.29, 1.82) is 0 Å². The molecule has 4 nitrogen and oxygen atoms in total. The summed E-state index contributed by atoms with van der Waals surface area (Å²) in [6.07, 6.45) is 0. The van der Waals surface area contributed by atoms with E-state index in [4.69, 9.17) is 9.47 Å². The van der Waals surface area contributed by atoms with Gasteiger partial charge in [-0.15, -0.1) is 0 Å². The summed E-state index contributed by atoms with van der Waals surface area (Å²) in [5.74, 6) is 1.70. The lowest BCUT2D eigenvalue weighted by Gasteiger charge is -2.20. The number of aromatic hydroxyl groups is 1. The quantitative estimate of drug-likeness (QED) is 0.909. The van der Waals surface area contributed by atoms with Crippen molar-refractivity contribution in [3.05, 3.63) is 48.0 Å². The number of benzene rings is 2. The van der Waals surface area contributed by atoms with Crippen molar-refractivity contribution in [2.24, 2.45) is 0 Å². The molecule has 0 saturated carbocycles. The molecule has 0 spiro atoms. The predicted octanol–water partition coefficient (Wildman–Crippen LogP) is 3.05. The fourth-order valence-corrected chi connectivity index (χ4v) is 2.00. The van der Waals surface area contributed by atoms with E-state index in [0.29, 0.717) is 12.3 Å². The Balaban J connectivity index is 2.16. The molecule has 1 N–H and O–H groups in total. The number of nitrogens with zero attached hydrogens (tertiary/aromatic N) is 1. The van der Waals surface area contributed by atoms with Gasteiger partial charge in [0.15, 0.2) is 0 Å². The van der Waals surface area contributed by atoms with Crippen molar-refractivity contribution in [2.45, 2.75) is 6.54 Å². The van der Waals surface area contributed by atoms with Crippen LogP contribution >= 0.6 is 0 Å². The molecular weight excluding hydrogens is 254 g/mol. The van der Waals surface area contributed by atoms with Gasteiger partial charge in [-0.25, -0.2) is 0 Å². The van der Waals surface area contributed by atoms with Crippen molar-refractivity contribution in [3.63, 3.8) is 0 Å². The smallest absolute Gasteiger partial charge is 0.124 e. The zero-order valence-corrected chi connectivity index (χ0v) is 12.0. The van der Waals surface area contributed by atoms with E-state index in [0.717, 1.165) is 17.0 Å². The number of hydrogen-bond donors (Lipinski definition) is 1. The maximum Gasteiger partial charge on any atom is 0.124 e. The zero-order chi connectivity index (χ0) is 14.5. The number of hydrogen-bond acceptors (Lipinski definition) is 4. The molecule has 0 aliphatic heterocycles. The van der Waals surface area contributed by atoms with Crippen molar-refractivity contribution >= 4 is 5.69 Å². The molecular formula is C16H19NO3. The van der Waals surface area contributed by atoms with Crippen LogP contribution in [0, 0.1) is 0 Å². The Morgan fingerprint density at radius 1 is 1.00 bits per heavy atom. The second kappa shape index (κ2) is 6.19. The third-order valence-electron chi connectivity index (χ3n) is 3.19. The van der Waals surface area contributed by atoms with Gasteiger partial charge in [-0.1, -0.05) is 6.07 Å². The van der Waals surface area contributed by atoms with E-state index < -0.39 is 0 Å². The molecule has 0 atom stereocenters. The Hall–Kier alpha value is -2.36. The molecule has 0 aliphatic rings. The normalized spacial score (nSPS) is 10.2. The molecule has 0 amide bonds. The van der Waals surface area contributed by atoms with Crippen LogP contribution in [0.25, 0.3) is 0 Å². The number of methoxy groups -OCH3 is 2. The van der Waals surface area contributed by atoms with Crippen LogP contribution in [-0.2, 0) is 6.54 Å². The van der Waals surface area contributed by atoms with E-state index in [-0.39, 0.29) is 5.75 Å². The van der Waals surface area contributed by atoms with Crippen LogP contribution in [0.15, 0.2) is 42.5 Å².